The Morgan fingerprint density at radius 1 is 1.35 bits per heavy atom. The van der Waals surface area contributed by atoms with Crippen molar-refractivity contribution >= 4 is 27.3 Å². The maximum Gasteiger partial charge on any atom is 0.264 e. The second kappa shape index (κ2) is 6.55. The zero-order valence-electron chi connectivity index (χ0n) is 13.4. The first-order valence-corrected chi connectivity index (χ1v) is 8.65. The zero-order chi connectivity index (χ0) is 16.6. The molecule has 1 fully saturated rings. The average Bonchev–Trinajstić information content (AvgIpc) is 2.84. The van der Waals surface area contributed by atoms with Crippen molar-refractivity contribution < 1.29 is 14.3 Å². The van der Waals surface area contributed by atoms with E-state index in [9.17, 15) is 14.3 Å². The van der Waals surface area contributed by atoms with E-state index in [2.05, 4.69) is 4.90 Å². The van der Waals surface area contributed by atoms with Gasteiger partial charge in [-0.05, 0) is 43.0 Å². The van der Waals surface area contributed by atoms with Crippen LogP contribution in [0.2, 0.25) is 0 Å². The lowest BCUT2D eigenvalue weighted by Crippen LogP contribution is -2.50. The van der Waals surface area contributed by atoms with Gasteiger partial charge in [0, 0.05) is 37.4 Å². The minimum absolute atomic E-state index is 0.0285. The monoisotopic (exact) mass is 336 g/mol. The van der Waals surface area contributed by atoms with Gasteiger partial charge in [-0.15, -0.1) is 11.3 Å². The third kappa shape index (κ3) is 3.39. The summed E-state index contributed by atoms with van der Waals surface area (Å²) in [7, 11) is 0. The summed E-state index contributed by atoms with van der Waals surface area (Å²) in [6, 6.07) is 4.67. The molecular weight excluding hydrogens is 315 g/mol. The second-order valence-electron chi connectivity index (χ2n) is 6.14. The molecule has 124 valence electrons. The molecule has 0 spiro atoms. The van der Waals surface area contributed by atoms with Crippen LogP contribution in [0.25, 0.3) is 10.1 Å². The molecule has 0 aliphatic carbocycles. The molecule has 1 aliphatic heterocycles. The van der Waals surface area contributed by atoms with Crippen LogP contribution in [-0.2, 0) is 0 Å². The maximum atomic E-state index is 13.4. The van der Waals surface area contributed by atoms with Crippen LogP contribution >= 0.6 is 11.3 Å². The summed E-state index contributed by atoms with van der Waals surface area (Å²) in [6.45, 7) is 7.17. The van der Waals surface area contributed by atoms with Crippen LogP contribution in [0.5, 0.6) is 0 Å². The maximum absolute atomic E-state index is 13.4. The largest absolute Gasteiger partial charge is 0.392 e. The molecule has 0 bridgehead atoms. The topological polar surface area (TPSA) is 43.8 Å². The first-order valence-electron chi connectivity index (χ1n) is 7.84. The second-order valence-corrected chi connectivity index (χ2v) is 7.19. The van der Waals surface area contributed by atoms with Crippen molar-refractivity contribution in [2.75, 3.05) is 32.7 Å². The van der Waals surface area contributed by atoms with Crippen molar-refractivity contribution in [2.45, 2.75) is 20.0 Å². The number of hydrogen-bond acceptors (Lipinski definition) is 4. The number of aryl methyl sites for hydroxylation is 1. The molecule has 1 atom stereocenters. The first kappa shape index (κ1) is 16.4. The molecular formula is C17H21FN2O2S. The van der Waals surface area contributed by atoms with E-state index >= 15 is 0 Å². The van der Waals surface area contributed by atoms with E-state index in [-0.39, 0.29) is 17.8 Å². The fourth-order valence-electron chi connectivity index (χ4n) is 3.05. The number of carbonyl (C=O) groups is 1. The number of aliphatic hydroxyl groups excluding tert-OH is 1. The number of benzene rings is 1. The Balaban J connectivity index is 1.75. The molecule has 2 heterocycles. The minimum Gasteiger partial charge on any atom is -0.392 e. The highest BCUT2D eigenvalue weighted by Crippen LogP contribution is 2.32. The van der Waals surface area contributed by atoms with Crippen LogP contribution in [-0.4, -0.2) is 59.6 Å². The molecule has 1 N–H and O–H groups in total. The van der Waals surface area contributed by atoms with Gasteiger partial charge in [-0.3, -0.25) is 9.69 Å². The van der Waals surface area contributed by atoms with E-state index in [1.54, 1.807) is 13.0 Å². The number of nitrogens with zero attached hydrogens (tertiary/aromatic N) is 2. The van der Waals surface area contributed by atoms with Gasteiger partial charge >= 0.3 is 0 Å². The number of piperazine rings is 1. The van der Waals surface area contributed by atoms with Crippen molar-refractivity contribution in [1.82, 2.24) is 9.80 Å². The van der Waals surface area contributed by atoms with Gasteiger partial charge < -0.3 is 10.0 Å². The summed E-state index contributed by atoms with van der Waals surface area (Å²) >= 11 is 1.43. The van der Waals surface area contributed by atoms with E-state index in [0.717, 1.165) is 28.7 Å². The smallest absolute Gasteiger partial charge is 0.264 e. The molecule has 3 rings (SSSR count). The van der Waals surface area contributed by atoms with Crippen LogP contribution in [0.1, 0.15) is 22.2 Å². The van der Waals surface area contributed by atoms with Crippen LogP contribution in [0.3, 0.4) is 0 Å². The third-order valence-corrected chi connectivity index (χ3v) is 5.54. The van der Waals surface area contributed by atoms with E-state index in [4.69, 9.17) is 0 Å². The number of halogens is 1. The van der Waals surface area contributed by atoms with Crippen molar-refractivity contribution in [1.29, 1.82) is 0 Å². The van der Waals surface area contributed by atoms with Crippen molar-refractivity contribution in [3.63, 3.8) is 0 Å². The molecule has 1 amide bonds. The Kier molecular flexibility index (Phi) is 4.66. The van der Waals surface area contributed by atoms with E-state index in [1.165, 1.54) is 23.5 Å². The summed E-state index contributed by atoms with van der Waals surface area (Å²) in [4.78, 5) is 17.5. The summed E-state index contributed by atoms with van der Waals surface area (Å²) in [5.41, 5.74) is 0.862. The van der Waals surface area contributed by atoms with Crippen LogP contribution in [0, 0.1) is 12.7 Å². The highest BCUT2D eigenvalue weighted by molar-refractivity contribution is 7.21. The molecule has 2 aromatic rings. The predicted octanol–water partition coefficient (Wildman–Crippen LogP) is 2.49. The van der Waals surface area contributed by atoms with Crippen LogP contribution in [0.4, 0.5) is 4.39 Å². The van der Waals surface area contributed by atoms with Crippen molar-refractivity contribution in [3.05, 3.63) is 34.5 Å². The Bertz CT molecular complexity index is 721. The normalized spacial score (nSPS) is 17.7. The number of rotatable bonds is 3. The van der Waals surface area contributed by atoms with Crippen LogP contribution < -0.4 is 0 Å². The van der Waals surface area contributed by atoms with Crippen molar-refractivity contribution in [2.24, 2.45) is 0 Å². The SMILES string of the molecule is Cc1c(C(=O)N2CCN(C[C@H](C)O)CC2)sc2ccc(F)cc12. The number of hydrogen-bond donors (Lipinski definition) is 1. The Morgan fingerprint density at radius 3 is 2.70 bits per heavy atom. The van der Waals surface area contributed by atoms with Gasteiger partial charge in [-0.2, -0.15) is 0 Å². The molecule has 0 saturated carbocycles. The van der Waals surface area contributed by atoms with Gasteiger partial charge in [-0.25, -0.2) is 4.39 Å². The number of amides is 1. The predicted molar refractivity (Wildman–Crippen MR) is 90.5 cm³/mol. The van der Waals surface area contributed by atoms with Gasteiger partial charge in [0.1, 0.15) is 5.82 Å². The molecule has 1 saturated heterocycles. The molecule has 23 heavy (non-hydrogen) atoms. The number of β-amino-alcohol motifs (C(OH)–C–C–N with tert-alkyl or cyclic N) is 1. The Morgan fingerprint density at radius 2 is 2.04 bits per heavy atom. The molecule has 0 unspecified atom stereocenters. The number of aliphatic hydroxyl groups is 1. The third-order valence-electron chi connectivity index (χ3n) is 4.27. The van der Waals surface area contributed by atoms with Gasteiger partial charge in [-0.1, -0.05) is 0 Å². The van der Waals surface area contributed by atoms with Gasteiger partial charge in [0.05, 0.1) is 11.0 Å². The number of thiophene rings is 1. The quantitative estimate of drug-likeness (QED) is 0.936. The molecule has 6 heteroatoms. The lowest BCUT2D eigenvalue weighted by molar-refractivity contribution is 0.0557. The molecule has 0 radical (unpaired) electrons. The van der Waals surface area contributed by atoms with Crippen LogP contribution in [0.15, 0.2) is 18.2 Å². The van der Waals surface area contributed by atoms with Gasteiger partial charge in [0.2, 0.25) is 0 Å². The van der Waals surface area contributed by atoms with Gasteiger partial charge in [0.25, 0.3) is 5.91 Å². The Hall–Kier alpha value is -1.50. The van der Waals surface area contributed by atoms with Crippen molar-refractivity contribution in [3.8, 4) is 0 Å². The fourth-order valence-corrected chi connectivity index (χ4v) is 4.21. The summed E-state index contributed by atoms with van der Waals surface area (Å²) in [5.74, 6) is -0.245. The summed E-state index contributed by atoms with van der Waals surface area (Å²) < 4.78 is 14.4. The molecule has 1 aromatic carbocycles. The lowest BCUT2D eigenvalue weighted by Gasteiger charge is -2.35. The van der Waals surface area contributed by atoms with E-state index in [1.807, 2.05) is 11.8 Å². The first-order chi connectivity index (χ1) is 11.0. The number of fused-ring (bicyclic) bond motifs is 1. The van der Waals surface area contributed by atoms with E-state index in [0.29, 0.717) is 24.5 Å². The molecule has 1 aromatic heterocycles. The fraction of sp³-hybridized carbons (Fsp3) is 0.471. The highest BCUT2D eigenvalue weighted by atomic mass is 32.1. The lowest BCUT2D eigenvalue weighted by atomic mass is 10.1. The summed E-state index contributed by atoms with van der Waals surface area (Å²) in [5, 5.41) is 10.3. The standard InChI is InChI=1S/C17H21FN2O2S/c1-11(21)10-19-5-7-20(8-6-19)17(22)16-12(2)14-9-13(18)3-4-15(14)23-16/h3-4,9,11,21H,5-8,10H2,1-2H3/t11-/m0/s1. The number of carbonyl (C=O) groups excluding carboxylic acids is 1. The molecule has 4 nitrogen and oxygen atoms in total. The summed E-state index contributed by atoms with van der Waals surface area (Å²) in [6.07, 6.45) is -0.350. The Labute approximate surface area is 139 Å². The molecule has 1 aliphatic rings. The minimum atomic E-state index is -0.350. The zero-order valence-corrected chi connectivity index (χ0v) is 14.2. The highest BCUT2D eigenvalue weighted by Gasteiger charge is 2.25. The van der Waals surface area contributed by atoms with E-state index < -0.39 is 0 Å². The average molecular weight is 336 g/mol. The van der Waals surface area contributed by atoms with Gasteiger partial charge in [0.15, 0.2) is 0 Å².